The quantitative estimate of drug-likeness (QED) is 0.761. The molecule has 2 amide bonds. The Morgan fingerprint density at radius 2 is 1.65 bits per heavy atom. The molecular weight excluding hydrogens is 320 g/mol. The Balaban J connectivity index is 1.90. The number of nitrogens with one attached hydrogen (secondary N) is 2. The van der Waals surface area contributed by atoms with E-state index in [0.717, 1.165) is 6.26 Å². The molecular formula is C15H16N2O5S. The maximum Gasteiger partial charge on any atom is 0.287 e. The molecule has 0 radical (unpaired) electrons. The van der Waals surface area contributed by atoms with Gasteiger partial charge in [0.25, 0.3) is 11.8 Å². The van der Waals surface area contributed by atoms with Crippen molar-refractivity contribution in [3.8, 4) is 0 Å². The molecule has 2 rings (SSSR count). The van der Waals surface area contributed by atoms with Crippen LogP contribution in [0.4, 0.5) is 0 Å². The first kappa shape index (κ1) is 16.8. The lowest BCUT2D eigenvalue weighted by atomic mass is 10.2. The molecule has 2 N–H and O–H groups in total. The first-order valence-electron chi connectivity index (χ1n) is 6.78. The minimum absolute atomic E-state index is 0.0304. The standard InChI is InChI=1S/C15H16N2O5S/c1-23(20,21)13-7-3-2-5-11(13)14(18)16-8-9-17-15(19)12-6-4-10-22-12/h2-7,10H,8-9H2,1H3,(H,16,18)(H,17,19). The second-order valence-corrected chi connectivity index (χ2v) is 6.74. The summed E-state index contributed by atoms with van der Waals surface area (Å²) in [5.41, 5.74) is 0.0763. The number of furan rings is 1. The molecule has 122 valence electrons. The Morgan fingerprint density at radius 1 is 1.00 bits per heavy atom. The van der Waals surface area contributed by atoms with E-state index >= 15 is 0 Å². The molecule has 23 heavy (non-hydrogen) atoms. The molecule has 0 fully saturated rings. The van der Waals surface area contributed by atoms with Crippen molar-refractivity contribution in [1.82, 2.24) is 10.6 Å². The predicted molar refractivity (Wildman–Crippen MR) is 82.9 cm³/mol. The summed E-state index contributed by atoms with van der Waals surface area (Å²) in [6.07, 6.45) is 2.43. The molecule has 0 aliphatic carbocycles. The fraction of sp³-hybridized carbons (Fsp3) is 0.200. The summed E-state index contributed by atoms with van der Waals surface area (Å²) in [6, 6.07) is 9.07. The average molecular weight is 336 g/mol. The van der Waals surface area contributed by atoms with Crippen LogP contribution in [0.15, 0.2) is 52.0 Å². The highest BCUT2D eigenvalue weighted by molar-refractivity contribution is 7.90. The molecule has 8 heteroatoms. The fourth-order valence-electron chi connectivity index (χ4n) is 1.92. The Labute approximate surface area is 133 Å². The predicted octanol–water partition coefficient (Wildman–Crippen LogP) is 0.843. The molecule has 0 bridgehead atoms. The molecule has 0 unspecified atom stereocenters. The van der Waals surface area contributed by atoms with Crippen molar-refractivity contribution in [2.75, 3.05) is 19.3 Å². The van der Waals surface area contributed by atoms with Crippen LogP contribution in [0.25, 0.3) is 0 Å². The summed E-state index contributed by atoms with van der Waals surface area (Å²) in [6.45, 7) is 0.343. The van der Waals surface area contributed by atoms with Crippen LogP contribution in [0.3, 0.4) is 0 Å². The van der Waals surface area contributed by atoms with E-state index in [1.807, 2.05) is 0 Å². The topological polar surface area (TPSA) is 105 Å². The van der Waals surface area contributed by atoms with Crippen molar-refractivity contribution in [3.63, 3.8) is 0 Å². The number of hydrogen-bond donors (Lipinski definition) is 2. The number of amides is 2. The highest BCUT2D eigenvalue weighted by atomic mass is 32.2. The highest BCUT2D eigenvalue weighted by Crippen LogP contribution is 2.14. The normalized spacial score (nSPS) is 11.0. The van der Waals surface area contributed by atoms with Gasteiger partial charge in [0.2, 0.25) is 0 Å². The molecule has 1 heterocycles. The van der Waals surface area contributed by atoms with Crippen molar-refractivity contribution in [1.29, 1.82) is 0 Å². The zero-order valence-corrected chi connectivity index (χ0v) is 13.2. The number of carbonyl (C=O) groups excluding carboxylic acids is 2. The highest BCUT2D eigenvalue weighted by Gasteiger charge is 2.17. The molecule has 1 aromatic carbocycles. The van der Waals surface area contributed by atoms with Crippen LogP contribution in [-0.4, -0.2) is 39.6 Å². The van der Waals surface area contributed by atoms with Crippen molar-refractivity contribution in [2.45, 2.75) is 4.90 Å². The third-order valence-electron chi connectivity index (χ3n) is 2.97. The van der Waals surface area contributed by atoms with Crippen LogP contribution < -0.4 is 10.6 Å². The zero-order valence-electron chi connectivity index (χ0n) is 12.4. The van der Waals surface area contributed by atoms with E-state index < -0.39 is 15.7 Å². The van der Waals surface area contributed by atoms with E-state index in [1.54, 1.807) is 18.2 Å². The molecule has 0 aliphatic rings. The van der Waals surface area contributed by atoms with Crippen molar-refractivity contribution in [2.24, 2.45) is 0 Å². The Hall–Kier alpha value is -2.61. The van der Waals surface area contributed by atoms with Gasteiger partial charge in [-0.05, 0) is 24.3 Å². The van der Waals surface area contributed by atoms with Crippen LogP contribution in [0.1, 0.15) is 20.9 Å². The molecule has 7 nitrogen and oxygen atoms in total. The molecule has 0 atom stereocenters. The van der Waals surface area contributed by atoms with Gasteiger partial charge in [-0.1, -0.05) is 12.1 Å². The van der Waals surface area contributed by atoms with Gasteiger partial charge in [-0.15, -0.1) is 0 Å². The van der Waals surface area contributed by atoms with E-state index in [2.05, 4.69) is 10.6 Å². The van der Waals surface area contributed by atoms with Gasteiger partial charge in [-0.3, -0.25) is 9.59 Å². The fourth-order valence-corrected chi connectivity index (χ4v) is 2.81. The lowest BCUT2D eigenvalue weighted by molar-refractivity contribution is 0.0910. The number of rotatable bonds is 6. The van der Waals surface area contributed by atoms with Gasteiger partial charge in [0.05, 0.1) is 16.7 Å². The van der Waals surface area contributed by atoms with Crippen LogP contribution in [0, 0.1) is 0 Å². The smallest absolute Gasteiger partial charge is 0.287 e. The van der Waals surface area contributed by atoms with Gasteiger partial charge in [-0.2, -0.15) is 0 Å². The molecule has 1 aromatic heterocycles. The van der Waals surface area contributed by atoms with Crippen molar-refractivity contribution < 1.29 is 22.4 Å². The number of sulfone groups is 1. The number of benzene rings is 1. The molecule has 2 aromatic rings. The van der Waals surface area contributed by atoms with Gasteiger partial charge < -0.3 is 15.1 Å². The van der Waals surface area contributed by atoms with Gasteiger partial charge in [0.15, 0.2) is 15.6 Å². The molecule has 0 saturated heterocycles. The summed E-state index contributed by atoms with van der Waals surface area (Å²) in [4.78, 5) is 23.7. The van der Waals surface area contributed by atoms with Gasteiger partial charge >= 0.3 is 0 Å². The first-order chi connectivity index (χ1) is 10.9. The van der Waals surface area contributed by atoms with E-state index in [-0.39, 0.29) is 35.2 Å². The second kappa shape index (κ2) is 7.10. The number of hydrogen-bond acceptors (Lipinski definition) is 5. The number of carbonyl (C=O) groups is 2. The van der Waals surface area contributed by atoms with Crippen LogP contribution in [-0.2, 0) is 9.84 Å². The van der Waals surface area contributed by atoms with Gasteiger partial charge in [-0.25, -0.2) is 8.42 Å². The Bertz CT molecular complexity index is 797. The molecule has 0 saturated carbocycles. The summed E-state index contributed by atoms with van der Waals surface area (Å²) in [5, 5.41) is 5.13. The van der Waals surface area contributed by atoms with E-state index in [1.165, 1.54) is 24.5 Å². The summed E-state index contributed by atoms with van der Waals surface area (Å²) in [5.74, 6) is -0.724. The lowest BCUT2D eigenvalue weighted by Crippen LogP contribution is -2.35. The molecule has 0 aliphatic heterocycles. The minimum Gasteiger partial charge on any atom is -0.459 e. The third-order valence-corrected chi connectivity index (χ3v) is 4.13. The van der Waals surface area contributed by atoms with Gasteiger partial charge in [0, 0.05) is 19.3 Å². The van der Waals surface area contributed by atoms with Crippen LogP contribution >= 0.6 is 0 Å². The largest absolute Gasteiger partial charge is 0.459 e. The van der Waals surface area contributed by atoms with Crippen LogP contribution in [0.5, 0.6) is 0 Å². The van der Waals surface area contributed by atoms with Crippen molar-refractivity contribution in [3.05, 3.63) is 54.0 Å². The summed E-state index contributed by atoms with van der Waals surface area (Å²) >= 11 is 0. The zero-order chi connectivity index (χ0) is 16.9. The average Bonchev–Trinajstić information content (AvgIpc) is 3.04. The van der Waals surface area contributed by atoms with E-state index in [9.17, 15) is 18.0 Å². The van der Waals surface area contributed by atoms with Crippen LogP contribution in [0.2, 0.25) is 0 Å². The maximum atomic E-state index is 12.1. The summed E-state index contributed by atoms with van der Waals surface area (Å²) < 4.78 is 28.3. The van der Waals surface area contributed by atoms with Crippen molar-refractivity contribution >= 4 is 21.7 Å². The lowest BCUT2D eigenvalue weighted by Gasteiger charge is -2.09. The van der Waals surface area contributed by atoms with E-state index in [0.29, 0.717) is 0 Å². The summed E-state index contributed by atoms with van der Waals surface area (Å²) in [7, 11) is -3.50. The van der Waals surface area contributed by atoms with E-state index in [4.69, 9.17) is 4.42 Å². The Morgan fingerprint density at radius 3 is 2.26 bits per heavy atom. The SMILES string of the molecule is CS(=O)(=O)c1ccccc1C(=O)NCCNC(=O)c1ccco1. The second-order valence-electron chi connectivity index (χ2n) is 4.76. The van der Waals surface area contributed by atoms with Gasteiger partial charge in [0.1, 0.15) is 0 Å². The maximum absolute atomic E-state index is 12.1. The minimum atomic E-state index is -3.50. The Kier molecular flexibility index (Phi) is 5.17. The third kappa shape index (κ3) is 4.43. The first-order valence-corrected chi connectivity index (χ1v) is 8.67. The molecule has 0 spiro atoms. The monoisotopic (exact) mass is 336 g/mol.